The van der Waals surface area contributed by atoms with Crippen molar-refractivity contribution >= 4 is 45.6 Å². The number of aromatic amines is 1. The minimum absolute atomic E-state index is 0. The molecule has 0 amide bonds. The number of aromatic nitrogens is 2. The van der Waals surface area contributed by atoms with E-state index in [0.717, 1.165) is 11.0 Å². The number of hydrogen-bond donors (Lipinski definition) is 1. The molecule has 0 saturated heterocycles. The van der Waals surface area contributed by atoms with Crippen molar-refractivity contribution in [2.24, 2.45) is 0 Å². The average Bonchev–Trinajstić information content (AvgIpc) is 2.68. The van der Waals surface area contributed by atoms with Crippen molar-refractivity contribution in [1.82, 2.24) is 9.97 Å². The third-order valence-electron chi connectivity index (χ3n) is 2.39. The number of para-hydroxylation sites is 2. The van der Waals surface area contributed by atoms with Gasteiger partial charge in [-0.25, -0.2) is 4.98 Å². The van der Waals surface area contributed by atoms with Crippen LogP contribution in [-0.2, 0) is 16.8 Å². The molecule has 1 aromatic heterocycles. The molecule has 0 bridgehead atoms. The van der Waals surface area contributed by atoms with Crippen molar-refractivity contribution in [1.29, 1.82) is 0 Å². The van der Waals surface area contributed by atoms with Crippen LogP contribution in [0.4, 0.5) is 0 Å². The van der Waals surface area contributed by atoms with Gasteiger partial charge in [0.15, 0.2) is 0 Å². The predicted molar refractivity (Wildman–Crippen MR) is 68.6 cm³/mol. The Labute approximate surface area is 125 Å². The van der Waals surface area contributed by atoms with Crippen molar-refractivity contribution in [2.45, 2.75) is 12.3 Å². The number of fused-ring (bicyclic) bond motifs is 1. The maximum atomic E-state index is 11.3. The van der Waals surface area contributed by atoms with Crippen LogP contribution in [-0.4, -0.2) is 20.1 Å². The van der Waals surface area contributed by atoms with Gasteiger partial charge >= 0.3 is 16.8 Å². The van der Waals surface area contributed by atoms with Crippen molar-refractivity contribution in [3.63, 3.8) is 0 Å². The van der Waals surface area contributed by atoms with Crippen LogP contribution in [0.15, 0.2) is 24.3 Å². The summed E-state index contributed by atoms with van der Waals surface area (Å²) in [6, 6.07) is 7.35. The van der Waals surface area contributed by atoms with E-state index in [4.69, 9.17) is 0 Å². The van der Waals surface area contributed by atoms with Gasteiger partial charge in [-0.05, 0) is 18.6 Å². The second kappa shape index (κ2) is 6.23. The quantitative estimate of drug-likeness (QED) is 0.825. The van der Waals surface area contributed by atoms with E-state index < -0.39 is 16.0 Å². The van der Waals surface area contributed by atoms with Gasteiger partial charge in [-0.15, -0.1) is 24.4 Å². The SMILES string of the molecule is [Co+2].[O-]C(=S)CC(C([O-])=S)c1nc2ccccc2[nH]1. The first-order chi connectivity index (χ1) is 8.08. The van der Waals surface area contributed by atoms with Crippen LogP contribution in [0, 0.1) is 0 Å². The summed E-state index contributed by atoms with van der Waals surface area (Å²) >= 11 is 9.08. The van der Waals surface area contributed by atoms with Gasteiger partial charge in [-0.1, -0.05) is 22.2 Å². The fourth-order valence-electron chi connectivity index (χ4n) is 1.60. The maximum Gasteiger partial charge on any atom is 2.00 e. The number of H-pyrrole nitrogens is 1. The van der Waals surface area contributed by atoms with E-state index >= 15 is 0 Å². The van der Waals surface area contributed by atoms with E-state index in [9.17, 15) is 10.2 Å². The fraction of sp³-hybridized carbons (Fsp3) is 0.182. The topological polar surface area (TPSA) is 74.8 Å². The minimum atomic E-state index is -0.748. The Morgan fingerprint density at radius 1 is 1.28 bits per heavy atom. The van der Waals surface area contributed by atoms with Crippen molar-refractivity contribution in [3.05, 3.63) is 30.1 Å². The summed E-state index contributed by atoms with van der Waals surface area (Å²) in [4.78, 5) is 7.23. The summed E-state index contributed by atoms with van der Waals surface area (Å²) in [5.41, 5.74) is 1.54. The van der Waals surface area contributed by atoms with E-state index in [-0.39, 0.29) is 23.2 Å². The summed E-state index contributed by atoms with van der Waals surface area (Å²) in [6.07, 6.45) is -0.0858. The molecule has 1 atom stereocenters. The molecule has 0 aliphatic carbocycles. The molecular formula is C11H8CoN2O2S2. The zero-order chi connectivity index (χ0) is 12.4. The van der Waals surface area contributed by atoms with Crippen LogP contribution in [0.1, 0.15) is 18.2 Å². The standard InChI is InChI=1S/C11H10N2O2S2.Co/c14-9(16)5-6(11(15)17)10-12-7-3-1-2-4-8(7)13-10;/h1-4,6H,5H2,(H,12,13)(H,14,16)(H,15,17);/q;+2/p-2. The van der Waals surface area contributed by atoms with Gasteiger partial charge in [0.2, 0.25) is 0 Å². The second-order valence-corrected chi connectivity index (χ2v) is 4.44. The number of rotatable bonds is 4. The third kappa shape index (κ3) is 3.26. The van der Waals surface area contributed by atoms with Crippen molar-refractivity contribution in [3.8, 4) is 0 Å². The fourth-order valence-corrected chi connectivity index (χ4v) is 1.96. The van der Waals surface area contributed by atoms with E-state index in [1.54, 1.807) is 0 Å². The van der Waals surface area contributed by atoms with E-state index in [2.05, 4.69) is 34.4 Å². The average molecular weight is 323 g/mol. The molecule has 2 rings (SSSR count). The Morgan fingerprint density at radius 2 is 1.94 bits per heavy atom. The molecule has 4 nitrogen and oxygen atoms in total. The first-order valence-corrected chi connectivity index (χ1v) is 5.75. The number of benzene rings is 1. The number of hydrogen-bond acceptors (Lipinski definition) is 5. The maximum absolute atomic E-state index is 11.3. The number of imidazole rings is 1. The Bertz CT molecular complexity index is 552. The molecule has 0 fully saturated rings. The Kier molecular flexibility index (Phi) is 5.21. The minimum Gasteiger partial charge on any atom is -0.867 e. The smallest absolute Gasteiger partial charge is 0.867 e. The molecule has 1 unspecified atom stereocenters. The van der Waals surface area contributed by atoms with Crippen molar-refractivity contribution in [2.75, 3.05) is 0 Å². The van der Waals surface area contributed by atoms with Crippen LogP contribution < -0.4 is 10.2 Å². The number of thiocarbonyl (C=S) groups is 2. The second-order valence-electron chi connectivity index (χ2n) is 3.59. The van der Waals surface area contributed by atoms with E-state index in [1.165, 1.54) is 0 Å². The molecular weight excluding hydrogens is 315 g/mol. The molecule has 2 aromatic rings. The molecule has 0 aliphatic rings. The van der Waals surface area contributed by atoms with Crippen LogP contribution in [0.3, 0.4) is 0 Å². The molecule has 1 aromatic carbocycles. The molecule has 1 N–H and O–H groups in total. The Balaban J connectivity index is 0.00000162. The van der Waals surface area contributed by atoms with Gasteiger partial charge in [-0.3, -0.25) is 0 Å². The van der Waals surface area contributed by atoms with Crippen LogP contribution in [0.25, 0.3) is 11.0 Å². The Morgan fingerprint density at radius 3 is 2.50 bits per heavy atom. The third-order valence-corrected chi connectivity index (χ3v) is 2.84. The predicted octanol–water partition coefficient (Wildman–Crippen LogP) is 0.410. The Hall–Kier alpha value is -1.02. The normalized spacial score (nSPS) is 11.8. The molecule has 1 radical (unpaired) electrons. The number of nitrogens with one attached hydrogen (secondary N) is 1. The van der Waals surface area contributed by atoms with E-state index in [0.29, 0.717) is 5.82 Å². The van der Waals surface area contributed by atoms with Crippen LogP contribution in [0.2, 0.25) is 0 Å². The summed E-state index contributed by atoms with van der Waals surface area (Å²) in [7, 11) is 0. The monoisotopic (exact) mass is 323 g/mol. The first-order valence-electron chi connectivity index (χ1n) is 4.93. The largest absolute Gasteiger partial charge is 2.00 e. The summed E-state index contributed by atoms with van der Waals surface area (Å²) in [5.74, 6) is -0.341. The molecule has 0 saturated carbocycles. The molecule has 1 heterocycles. The number of nitrogens with zero attached hydrogens (tertiary/aromatic N) is 1. The van der Waals surface area contributed by atoms with E-state index in [1.807, 2.05) is 24.3 Å². The van der Waals surface area contributed by atoms with Gasteiger partial charge in [0.25, 0.3) is 0 Å². The summed E-state index contributed by atoms with van der Waals surface area (Å²) in [6.45, 7) is 0. The van der Waals surface area contributed by atoms with Gasteiger partial charge in [0.05, 0.1) is 11.0 Å². The first kappa shape index (κ1) is 15.0. The molecule has 7 heteroatoms. The molecule has 95 valence electrons. The molecule has 0 aliphatic heterocycles. The van der Waals surface area contributed by atoms with Gasteiger partial charge < -0.3 is 15.2 Å². The zero-order valence-electron chi connectivity index (χ0n) is 9.01. The van der Waals surface area contributed by atoms with Crippen LogP contribution >= 0.6 is 24.4 Å². The summed E-state index contributed by atoms with van der Waals surface area (Å²) in [5, 5.41) is 21.2. The van der Waals surface area contributed by atoms with Gasteiger partial charge in [0, 0.05) is 5.92 Å². The zero-order valence-corrected chi connectivity index (χ0v) is 11.7. The summed E-state index contributed by atoms with van der Waals surface area (Å²) < 4.78 is 0. The van der Waals surface area contributed by atoms with Crippen molar-refractivity contribution < 1.29 is 27.0 Å². The van der Waals surface area contributed by atoms with Crippen LogP contribution in [0.5, 0.6) is 0 Å². The van der Waals surface area contributed by atoms with Gasteiger partial charge in [-0.2, -0.15) is 0 Å². The molecule has 0 spiro atoms. The van der Waals surface area contributed by atoms with Gasteiger partial charge in [0.1, 0.15) is 5.82 Å². The molecule has 18 heavy (non-hydrogen) atoms.